The third kappa shape index (κ3) is 3.82. The molecule has 0 atom stereocenters. The lowest BCUT2D eigenvalue weighted by Gasteiger charge is -2.12. The molecule has 0 aliphatic rings. The lowest BCUT2D eigenvalue weighted by atomic mass is 10.0. The van der Waals surface area contributed by atoms with Gasteiger partial charge in [0.2, 0.25) is 0 Å². The van der Waals surface area contributed by atoms with Crippen molar-refractivity contribution in [3.63, 3.8) is 0 Å². The average Bonchev–Trinajstić information content (AvgIpc) is 2.46. The number of benzene rings is 2. The first kappa shape index (κ1) is 14.6. The zero-order valence-corrected chi connectivity index (χ0v) is 11.4. The summed E-state index contributed by atoms with van der Waals surface area (Å²) < 4.78 is 0. The number of carboxylic acids is 1. The molecule has 0 fully saturated rings. The summed E-state index contributed by atoms with van der Waals surface area (Å²) in [6.07, 6.45) is -0.0324. The van der Waals surface area contributed by atoms with Crippen LogP contribution in [0.4, 0.5) is 5.69 Å². The van der Waals surface area contributed by atoms with Gasteiger partial charge >= 0.3 is 5.97 Å². The first-order valence-electron chi connectivity index (χ1n) is 6.49. The Kier molecular flexibility index (Phi) is 4.56. The quantitative estimate of drug-likeness (QED) is 0.756. The highest BCUT2D eigenvalue weighted by Gasteiger charge is 2.09. The summed E-state index contributed by atoms with van der Waals surface area (Å²) in [5.41, 5.74) is 7.99. The van der Waals surface area contributed by atoms with Crippen LogP contribution < -0.4 is 11.1 Å². The molecule has 0 aliphatic heterocycles. The number of anilines is 1. The van der Waals surface area contributed by atoms with E-state index in [1.165, 1.54) is 0 Å². The van der Waals surface area contributed by atoms with Gasteiger partial charge in [0, 0.05) is 12.2 Å². The van der Waals surface area contributed by atoms with Crippen LogP contribution in [0.5, 0.6) is 0 Å². The highest BCUT2D eigenvalue weighted by atomic mass is 16.4. The second kappa shape index (κ2) is 6.56. The predicted molar refractivity (Wildman–Crippen MR) is 80.1 cm³/mol. The van der Waals surface area contributed by atoms with Crippen LogP contribution in [0, 0.1) is 0 Å². The number of hydrogen-bond donors (Lipinski definition) is 3. The number of carbonyl (C=O) groups is 2. The van der Waals surface area contributed by atoms with Crippen molar-refractivity contribution in [2.45, 2.75) is 13.0 Å². The minimum atomic E-state index is -0.875. The molecule has 0 saturated carbocycles. The lowest BCUT2D eigenvalue weighted by molar-refractivity contribution is -0.136. The summed E-state index contributed by atoms with van der Waals surface area (Å²) in [6.45, 7) is 0.424. The highest BCUT2D eigenvalue weighted by Crippen LogP contribution is 2.17. The Labute approximate surface area is 122 Å². The Hall–Kier alpha value is -2.82. The van der Waals surface area contributed by atoms with Crippen molar-refractivity contribution in [2.24, 2.45) is 5.73 Å². The Morgan fingerprint density at radius 3 is 2.29 bits per heavy atom. The van der Waals surface area contributed by atoms with Gasteiger partial charge in [-0.3, -0.25) is 9.59 Å². The second-order valence-corrected chi connectivity index (χ2v) is 4.60. The van der Waals surface area contributed by atoms with E-state index in [1.54, 1.807) is 36.4 Å². The van der Waals surface area contributed by atoms with Crippen molar-refractivity contribution in [2.75, 3.05) is 5.32 Å². The molecule has 0 heterocycles. The van der Waals surface area contributed by atoms with E-state index in [0.717, 1.165) is 11.1 Å². The fourth-order valence-electron chi connectivity index (χ4n) is 2.11. The largest absolute Gasteiger partial charge is 0.481 e. The minimum absolute atomic E-state index is 0.0324. The molecule has 2 rings (SSSR count). The number of nitrogens with one attached hydrogen (secondary N) is 1. The van der Waals surface area contributed by atoms with E-state index >= 15 is 0 Å². The fourth-order valence-corrected chi connectivity index (χ4v) is 2.11. The molecule has 5 nitrogen and oxygen atoms in total. The summed E-state index contributed by atoms with van der Waals surface area (Å²) in [7, 11) is 0. The molecule has 1 amide bonds. The fraction of sp³-hybridized carbons (Fsp3) is 0.125. The molecule has 0 aromatic heterocycles. The summed E-state index contributed by atoms with van der Waals surface area (Å²) in [5.74, 6) is -1.38. The number of hydrogen-bond acceptors (Lipinski definition) is 3. The Balaban J connectivity index is 2.17. The van der Waals surface area contributed by atoms with Crippen molar-refractivity contribution >= 4 is 17.6 Å². The molecule has 4 N–H and O–H groups in total. The molecule has 0 aliphatic carbocycles. The van der Waals surface area contributed by atoms with E-state index in [-0.39, 0.29) is 6.42 Å². The van der Waals surface area contributed by atoms with Gasteiger partial charge in [0.05, 0.1) is 12.0 Å². The number of carboxylic acid groups (broad SMARTS) is 1. The van der Waals surface area contributed by atoms with Crippen LogP contribution in [-0.4, -0.2) is 17.0 Å². The molecule has 0 bridgehead atoms. The second-order valence-electron chi connectivity index (χ2n) is 4.60. The zero-order valence-electron chi connectivity index (χ0n) is 11.4. The Morgan fingerprint density at radius 2 is 1.62 bits per heavy atom. The van der Waals surface area contributed by atoms with Gasteiger partial charge in [-0.05, 0) is 23.3 Å². The lowest BCUT2D eigenvalue weighted by Crippen LogP contribution is -2.14. The van der Waals surface area contributed by atoms with Crippen molar-refractivity contribution < 1.29 is 14.7 Å². The van der Waals surface area contributed by atoms with Gasteiger partial charge < -0.3 is 16.2 Å². The van der Waals surface area contributed by atoms with Crippen molar-refractivity contribution in [3.8, 4) is 0 Å². The molecule has 2 aromatic carbocycles. The topological polar surface area (TPSA) is 92.4 Å². The number of aliphatic carboxylic acids is 1. The number of primary amides is 1. The molecule has 0 saturated heterocycles. The highest BCUT2D eigenvalue weighted by molar-refractivity contribution is 5.98. The van der Waals surface area contributed by atoms with Gasteiger partial charge in [-0.15, -0.1) is 0 Å². The normalized spacial score (nSPS) is 10.1. The molecule has 5 heteroatoms. The van der Waals surface area contributed by atoms with Crippen LogP contribution >= 0.6 is 0 Å². The van der Waals surface area contributed by atoms with Gasteiger partial charge in [-0.25, -0.2) is 0 Å². The summed E-state index contributed by atoms with van der Waals surface area (Å²) >= 11 is 0. The molecular weight excluding hydrogens is 268 g/mol. The standard InChI is InChI=1S/C16H16N2O3/c17-16(21)13-7-3-4-8-14(13)18-10-12-6-2-1-5-11(12)9-15(19)20/h1-8,18H,9-10H2,(H2,17,21)(H,19,20). The summed E-state index contributed by atoms with van der Waals surface area (Å²) in [6, 6.07) is 14.3. The molecule has 21 heavy (non-hydrogen) atoms. The van der Waals surface area contributed by atoms with Crippen molar-refractivity contribution in [3.05, 3.63) is 65.2 Å². The van der Waals surface area contributed by atoms with Crippen molar-refractivity contribution in [1.29, 1.82) is 0 Å². The maximum Gasteiger partial charge on any atom is 0.307 e. The molecular formula is C16H16N2O3. The van der Waals surface area contributed by atoms with Gasteiger partial charge in [0.15, 0.2) is 0 Å². The molecule has 108 valence electrons. The predicted octanol–water partition coefficient (Wildman–Crippen LogP) is 2.02. The van der Waals surface area contributed by atoms with Gasteiger partial charge in [0.25, 0.3) is 5.91 Å². The van der Waals surface area contributed by atoms with Crippen LogP contribution in [0.25, 0.3) is 0 Å². The maximum absolute atomic E-state index is 11.4. The number of amides is 1. The van der Waals surface area contributed by atoms with E-state index < -0.39 is 11.9 Å². The van der Waals surface area contributed by atoms with Crippen LogP contribution in [0.15, 0.2) is 48.5 Å². The average molecular weight is 284 g/mol. The minimum Gasteiger partial charge on any atom is -0.481 e. The first-order chi connectivity index (χ1) is 10.1. The monoisotopic (exact) mass is 284 g/mol. The number of carbonyl (C=O) groups excluding carboxylic acids is 1. The number of nitrogens with two attached hydrogens (primary N) is 1. The van der Waals surface area contributed by atoms with Gasteiger partial charge in [0.1, 0.15) is 0 Å². The van der Waals surface area contributed by atoms with Crippen LogP contribution in [0.1, 0.15) is 21.5 Å². The van der Waals surface area contributed by atoms with E-state index in [0.29, 0.717) is 17.8 Å². The van der Waals surface area contributed by atoms with Crippen molar-refractivity contribution in [1.82, 2.24) is 0 Å². The Morgan fingerprint density at radius 1 is 1.00 bits per heavy atom. The third-order valence-electron chi connectivity index (χ3n) is 3.12. The SMILES string of the molecule is NC(=O)c1ccccc1NCc1ccccc1CC(=O)O. The molecule has 2 aromatic rings. The Bertz CT molecular complexity index is 668. The van der Waals surface area contributed by atoms with Gasteiger partial charge in [-0.2, -0.15) is 0 Å². The van der Waals surface area contributed by atoms with E-state index in [1.807, 2.05) is 12.1 Å². The molecule has 0 spiro atoms. The van der Waals surface area contributed by atoms with Crippen LogP contribution in [0.2, 0.25) is 0 Å². The van der Waals surface area contributed by atoms with E-state index in [2.05, 4.69) is 5.32 Å². The summed E-state index contributed by atoms with van der Waals surface area (Å²) in [5, 5.41) is 12.0. The molecule has 0 unspecified atom stereocenters. The first-order valence-corrected chi connectivity index (χ1v) is 6.49. The van der Waals surface area contributed by atoms with Gasteiger partial charge in [-0.1, -0.05) is 36.4 Å². The summed E-state index contributed by atoms with van der Waals surface area (Å²) in [4.78, 5) is 22.2. The number of para-hydroxylation sites is 1. The third-order valence-corrected chi connectivity index (χ3v) is 3.12. The van der Waals surface area contributed by atoms with E-state index in [4.69, 9.17) is 10.8 Å². The smallest absolute Gasteiger partial charge is 0.307 e. The molecule has 0 radical (unpaired) electrons. The van der Waals surface area contributed by atoms with Crippen LogP contribution in [0.3, 0.4) is 0 Å². The van der Waals surface area contributed by atoms with Crippen LogP contribution in [-0.2, 0) is 17.8 Å². The maximum atomic E-state index is 11.4. The number of rotatable bonds is 6. The van der Waals surface area contributed by atoms with E-state index in [9.17, 15) is 9.59 Å². The zero-order chi connectivity index (χ0) is 15.2.